The monoisotopic (exact) mass is 480 g/mol. The summed E-state index contributed by atoms with van der Waals surface area (Å²) < 4.78 is 11.3. The van der Waals surface area contributed by atoms with E-state index in [2.05, 4.69) is 5.32 Å². The molecule has 0 aliphatic heterocycles. The summed E-state index contributed by atoms with van der Waals surface area (Å²) in [5, 5.41) is 13.2. The van der Waals surface area contributed by atoms with Crippen molar-refractivity contribution in [3.8, 4) is 17.6 Å². The van der Waals surface area contributed by atoms with Gasteiger partial charge in [0.25, 0.3) is 5.91 Å². The van der Waals surface area contributed by atoms with Crippen LogP contribution in [0.5, 0.6) is 11.5 Å². The van der Waals surface area contributed by atoms with Gasteiger partial charge in [0.05, 0.1) is 12.1 Å². The number of aryl methyl sites for hydroxylation is 2. The number of carbonyl (C=O) groups is 1. The molecule has 0 aliphatic carbocycles. The average Bonchev–Trinajstić information content (AvgIpc) is 2.79. The molecular weight excluding hydrogens is 459 g/mol. The number of halogens is 2. The van der Waals surface area contributed by atoms with Crippen molar-refractivity contribution < 1.29 is 14.3 Å². The van der Waals surface area contributed by atoms with Crippen LogP contribution in [0.15, 0.2) is 60.2 Å². The molecule has 0 aliphatic rings. The SMILES string of the molecule is COc1cc(/C=C(\C#N)C(=O)Nc2ccc(C)c(C)c2)cc(Cl)c1OCc1ccccc1Cl. The number of amides is 1. The van der Waals surface area contributed by atoms with Gasteiger partial charge in [-0.3, -0.25) is 4.79 Å². The van der Waals surface area contributed by atoms with Gasteiger partial charge in [-0.05, 0) is 66.9 Å². The molecule has 0 saturated carbocycles. The fourth-order valence-corrected chi connectivity index (χ4v) is 3.53. The molecule has 33 heavy (non-hydrogen) atoms. The zero-order valence-electron chi connectivity index (χ0n) is 18.4. The second kappa shape index (κ2) is 10.9. The zero-order chi connectivity index (χ0) is 24.0. The molecule has 0 spiro atoms. The third-order valence-electron chi connectivity index (χ3n) is 5.02. The highest BCUT2D eigenvalue weighted by atomic mass is 35.5. The highest BCUT2D eigenvalue weighted by molar-refractivity contribution is 6.32. The summed E-state index contributed by atoms with van der Waals surface area (Å²) in [5.41, 5.74) is 4.02. The quantitative estimate of drug-likeness (QED) is 0.300. The first-order valence-corrected chi connectivity index (χ1v) is 10.8. The Morgan fingerprint density at radius 2 is 1.82 bits per heavy atom. The van der Waals surface area contributed by atoms with Crippen LogP contribution in [0.4, 0.5) is 5.69 Å². The molecule has 0 atom stereocenters. The first-order valence-electron chi connectivity index (χ1n) is 10.1. The number of nitrogens with zero attached hydrogens (tertiary/aromatic N) is 1. The van der Waals surface area contributed by atoms with Crippen molar-refractivity contribution >= 4 is 40.9 Å². The standard InChI is InChI=1S/C26H22Cl2N2O3/c1-16-8-9-21(10-17(16)2)30-26(31)20(14-29)11-18-12-23(28)25(24(13-18)32-3)33-15-19-6-4-5-7-22(19)27/h4-13H,15H2,1-3H3,(H,30,31)/b20-11+. The summed E-state index contributed by atoms with van der Waals surface area (Å²) in [4.78, 5) is 12.6. The van der Waals surface area contributed by atoms with Gasteiger partial charge >= 0.3 is 0 Å². The number of hydrogen-bond donors (Lipinski definition) is 1. The molecule has 3 aromatic carbocycles. The Hall–Kier alpha value is -3.46. The number of rotatable bonds is 7. The summed E-state index contributed by atoms with van der Waals surface area (Å²) in [6, 6.07) is 18.1. The van der Waals surface area contributed by atoms with E-state index in [9.17, 15) is 10.1 Å². The number of anilines is 1. The van der Waals surface area contributed by atoms with E-state index in [1.807, 2.05) is 50.2 Å². The molecule has 0 radical (unpaired) electrons. The smallest absolute Gasteiger partial charge is 0.266 e. The lowest BCUT2D eigenvalue weighted by Gasteiger charge is -2.14. The van der Waals surface area contributed by atoms with E-state index in [0.717, 1.165) is 16.7 Å². The van der Waals surface area contributed by atoms with Crippen molar-refractivity contribution in [2.45, 2.75) is 20.5 Å². The molecule has 3 rings (SSSR count). The lowest BCUT2D eigenvalue weighted by Crippen LogP contribution is -2.13. The van der Waals surface area contributed by atoms with Crippen LogP contribution in [-0.2, 0) is 11.4 Å². The first kappa shape index (κ1) is 24.2. The van der Waals surface area contributed by atoms with Crippen molar-refractivity contribution in [2.75, 3.05) is 12.4 Å². The average molecular weight is 481 g/mol. The van der Waals surface area contributed by atoms with Gasteiger partial charge in [-0.15, -0.1) is 0 Å². The van der Waals surface area contributed by atoms with E-state index in [0.29, 0.717) is 27.8 Å². The van der Waals surface area contributed by atoms with Crippen LogP contribution in [-0.4, -0.2) is 13.0 Å². The summed E-state index contributed by atoms with van der Waals surface area (Å²) in [7, 11) is 1.49. The van der Waals surface area contributed by atoms with Crippen LogP contribution in [0, 0.1) is 25.2 Å². The van der Waals surface area contributed by atoms with Crippen molar-refractivity contribution in [1.82, 2.24) is 0 Å². The Morgan fingerprint density at radius 3 is 2.48 bits per heavy atom. The zero-order valence-corrected chi connectivity index (χ0v) is 19.9. The Morgan fingerprint density at radius 1 is 1.06 bits per heavy atom. The number of nitriles is 1. The van der Waals surface area contributed by atoms with Crippen LogP contribution < -0.4 is 14.8 Å². The number of nitrogens with one attached hydrogen (secondary N) is 1. The molecule has 1 N–H and O–H groups in total. The predicted octanol–water partition coefficient (Wildman–Crippen LogP) is 6.74. The Balaban J connectivity index is 1.83. The highest BCUT2D eigenvalue weighted by Crippen LogP contribution is 2.38. The van der Waals surface area contributed by atoms with E-state index in [4.69, 9.17) is 32.7 Å². The number of hydrogen-bond acceptors (Lipinski definition) is 4. The maximum absolute atomic E-state index is 12.6. The number of carbonyl (C=O) groups excluding carboxylic acids is 1. The fraction of sp³-hybridized carbons (Fsp3) is 0.154. The summed E-state index contributed by atoms with van der Waals surface area (Å²) in [5.74, 6) is 0.192. The maximum atomic E-state index is 12.6. The molecule has 0 fully saturated rings. The molecule has 7 heteroatoms. The van der Waals surface area contributed by atoms with Crippen LogP contribution in [0.2, 0.25) is 10.0 Å². The lowest BCUT2D eigenvalue weighted by atomic mass is 10.1. The number of methoxy groups -OCH3 is 1. The minimum atomic E-state index is -0.519. The molecule has 0 aromatic heterocycles. The van der Waals surface area contributed by atoms with E-state index < -0.39 is 5.91 Å². The third-order valence-corrected chi connectivity index (χ3v) is 5.67. The largest absolute Gasteiger partial charge is 0.493 e. The summed E-state index contributed by atoms with van der Waals surface area (Å²) >= 11 is 12.6. The molecule has 1 amide bonds. The van der Waals surface area contributed by atoms with Gasteiger partial charge in [0, 0.05) is 16.3 Å². The third kappa shape index (κ3) is 6.07. The normalized spacial score (nSPS) is 11.0. The lowest BCUT2D eigenvalue weighted by molar-refractivity contribution is -0.112. The van der Waals surface area contributed by atoms with Gasteiger partial charge in [-0.2, -0.15) is 5.26 Å². The maximum Gasteiger partial charge on any atom is 0.266 e. The number of benzene rings is 3. The first-order chi connectivity index (χ1) is 15.8. The van der Waals surface area contributed by atoms with Gasteiger partial charge in [0.2, 0.25) is 0 Å². The van der Waals surface area contributed by atoms with Crippen molar-refractivity contribution in [2.24, 2.45) is 0 Å². The van der Waals surface area contributed by atoms with E-state index in [-0.39, 0.29) is 17.2 Å². The van der Waals surface area contributed by atoms with Crippen molar-refractivity contribution in [3.05, 3.63) is 92.5 Å². The van der Waals surface area contributed by atoms with Crippen LogP contribution in [0.3, 0.4) is 0 Å². The Bertz CT molecular complexity index is 1260. The van der Waals surface area contributed by atoms with Gasteiger partial charge in [0.15, 0.2) is 11.5 Å². The highest BCUT2D eigenvalue weighted by Gasteiger charge is 2.15. The second-order valence-electron chi connectivity index (χ2n) is 7.34. The Kier molecular flexibility index (Phi) is 8.00. The van der Waals surface area contributed by atoms with Crippen molar-refractivity contribution in [3.63, 3.8) is 0 Å². The van der Waals surface area contributed by atoms with Crippen LogP contribution >= 0.6 is 23.2 Å². The van der Waals surface area contributed by atoms with Crippen LogP contribution in [0.1, 0.15) is 22.3 Å². The molecule has 3 aromatic rings. The van der Waals surface area contributed by atoms with Gasteiger partial charge in [-0.25, -0.2) is 0 Å². The molecule has 0 saturated heterocycles. The van der Waals surface area contributed by atoms with E-state index in [1.165, 1.54) is 13.2 Å². The number of ether oxygens (including phenoxy) is 2. The van der Waals surface area contributed by atoms with E-state index in [1.54, 1.807) is 24.3 Å². The molecule has 0 unspecified atom stereocenters. The molecule has 0 heterocycles. The minimum absolute atomic E-state index is 0.0731. The Labute approximate surface area is 203 Å². The van der Waals surface area contributed by atoms with Gasteiger partial charge in [0.1, 0.15) is 18.2 Å². The van der Waals surface area contributed by atoms with Crippen LogP contribution in [0.25, 0.3) is 6.08 Å². The summed E-state index contributed by atoms with van der Waals surface area (Å²) in [6.07, 6.45) is 1.45. The van der Waals surface area contributed by atoms with Gasteiger partial charge in [-0.1, -0.05) is 47.5 Å². The second-order valence-corrected chi connectivity index (χ2v) is 8.15. The summed E-state index contributed by atoms with van der Waals surface area (Å²) in [6.45, 7) is 4.14. The topological polar surface area (TPSA) is 71.3 Å². The molecular formula is C26H22Cl2N2O3. The minimum Gasteiger partial charge on any atom is -0.493 e. The molecule has 5 nitrogen and oxygen atoms in total. The molecule has 0 bridgehead atoms. The fourth-order valence-electron chi connectivity index (χ4n) is 3.06. The molecule has 168 valence electrons. The van der Waals surface area contributed by atoms with Gasteiger partial charge < -0.3 is 14.8 Å². The predicted molar refractivity (Wildman–Crippen MR) is 132 cm³/mol. The van der Waals surface area contributed by atoms with Crippen molar-refractivity contribution in [1.29, 1.82) is 5.26 Å². The van der Waals surface area contributed by atoms with E-state index >= 15 is 0 Å².